The van der Waals surface area contributed by atoms with Crippen LogP contribution in [0.2, 0.25) is 5.02 Å². The Balaban J connectivity index is 1.83. The minimum absolute atomic E-state index is 0.0626. The van der Waals surface area contributed by atoms with Crippen LogP contribution in [-0.4, -0.2) is 34.6 Å². The predicted molar refractivity (Wildman–Crippen MR) is 132 cm³/mol. The minimum Gasteiger partial charge on any atom is -0.497 e. The maximum absolute atomic E-state index is 13.2. The fraction of sp³-hybridized carbons (Fsp3) is 0.240. The number of sulfonamides is 1. The molecule has 3 aromatic carbocycles. The van der Waals surface area contributed by atoms with E-state index in [0.717, 1.165) is 11.1 Å². The first-order valence-corrected chi connectivity index (χ1v) is 12.4. The van der Waals surface area contributed by atoms with Crippen LogP contribution >= 0.6 is 11.6 Å². The summed E-state index contributed by atoms with van der Waals surface area (Å²) in [5.41, 5.74) is 1.67. The molecule has 3 rings (SSSR count). The van der Waals surface area contributed by atoms with E-state index in [-0.39, 0.29) is 22.4 Å². The number of rotatable bonds is 10. The predicted octanol–water partition coefficient (Wildman–Crippen LogP) is 4.12. The maximum atomic E-state index is 13.2. The molecule has 1 amide bonds. The van der Waals surface area contributed by atoms with Gasteiger partial charge in [0.15, 0.2) is 0 Å². The first-order valence-electron chi connectivity index (χ1n) is 10.6. The lowest BCUT2D eigenvalue weighted by Gasteiger charge is -2.22. The van der Waals surface area contributed by atoms with E-state index in [9.17, 15) is 13.2 Å². The summed E-state index contributed by atoms with van der Waals surface area (Å²) in [4.78, 5) is 13.2. The molecule has 0 saturated heterocycles. The van der Waals surface area contributed by atoms with Gasteiger partial charge in [0.25, 0.3) is 0 Å². The number of methoxy groups -OCH3 is 2. The first kappa shape index (κ1) is 25.6. The molecule has 34 heavy (non-hydrogen) atoms. The fourth-order valence-corrected chi connectivity index (χ4v) is 4.94. The molecule has 3 aromatic rings. The first-order chi connectivity index (χ1) is 16.2. The number of hydrogen-bond donors (Lipinski definition) is 2. The number of nitrogens with one attached hydrogen (secondary N) is 2. The zero-order chi connectivity index (χ0) is 24.7. The topological polar surface area (TPSA) is 93.7 Å². The lowest BCUT2D eigenvalue weighted by molar-refractivity contribution is -0.123. The zero-order valence-electron chi connectivity index (χ0n) is 19.1. The van der Waals surface area contributed by atoms with Crippen LogP contribution in [0.1, 0.15) is 24.1 Å². The molecule has 0 aliphatic rings. The molecule has 180 valence electrons. The van der Waals surface area contributed by atoms with Crippen molar-refractivity contribution in [1.29, 1.82) is 0 Å². The Hall–Kier alpha value is -3.07. The quantitative estimate of drug-likeness (QED) is 0.435. The summed E-state index contributed by atoms with van der Waals surface area (Å²) in [6.07, 6.45) is 0.172. The fourth-order valence-electron chi connectivity index (χ4n) is 3.40. The van der Waals surface area contributed by atoms with E-state index in [1.165, 1.54) is 25.3 Å². The van der Waals surface area contributed by atoms with Crippen LogP contribution < -0.4 is 19.5 Å². The van der Waals surface area contributed by atoms with E-state index in [1.807, 2.05) is 49.4 Å². The highest BCUT2D eigenvalue weighted by atomic mass is 35.5. The van der Waals surface area contributed by atoms with E-state index in [4.69, 9.17) is 21.1 Å². The summed E-state index contributed by atoms with van der Waals surface area (Å²) in [6.45, 7) is 1.83. The molecule has 0 aliphatic heterocycles. The molecule has 9 heteroatoms. The average molecular weight is 503 g/mol. The lowest BCUT2D eigenvalue weighted by atomic mass is 10.0. The number of benzene rings is 3. The average Bonchev–Trinajstić information content (AvgIpc) is 2.84. The summed E-state index contributed by atoms with van der Waals surface area (Å²) >= 11 is 6.12. The van der Waals surface area contributed by atoms with Crippen LogP contribution in [0.3, 0.4) is 0 Å². The van der Waals surface area contributed by atoms with Crippen LogP contribution in [0, 0.1) is 0 Å². The van der Waals surface area contributed by atoms with Crippen molar-refractivity contribution >= 4 is 27.5 Å². The van der Waals surface area contributed by atoms with Crippen molar-refractivity contribution in [2.24, 2.45) is 0 Å². The number of carbonyl (C=O) groups excluding carboxylic acids is 1. The van der Waals surface area contributed by atoms with Crippen molar-refractivity contribution in [2.75, 3.05) is 14.2 Å². The zero-order valence-corrected chi connectivity index (χ0v) is 20.7. The van der Waals surface area contributed by atoms with Crippen molar-refractivity contribution in [3.8, 4) is 11.5 Å². The van der Waals surface area contributed by atoms with Gasteiger partial charge in [0.05, 0.1) is 30.2 Å². The Morgan fingerprint density at radius 2 is 1.65 bits per heavy atom. The summed E-state index contributed by atoms with van der Waals surface area (Å²) in [5, 5.41) is 3.06. The highest BCUT2D eigenvalue weighted by Crippen LogP contribution is 2.27. The van der Waals surface area contributed by atoms with Gasteiger partial charge in [-0.1, -0.05) is 54.1 Å². The maximum Gasteiger partial charge on any atom is 0.241 e. The van der Waals surface area contributed by atoms with Crippen molar-refractivity contribution in [3.05, 3.63) is 88.9 Å². The van der Waals surface area contributed by atoms with E-state index >= 15 is 0 Å². The minimum atomic E-state index is -4.05. The molecule has 0 fully saturated rings. The van der Waals surface area contributed by atoms with E-state index in [2.05, 4.69) is 10.0 Å². The van der Waals surface area contributed by atoms with E-state index in [0.29, 0.717) is 11.5 Å². The van der Waals surface area contributed by atoms with Crippen LogP contribution in [0.5, 0.6) is 11.5 Å². The van der Waals surface area contributed by atoms with Gasteiger partial charge < -0.3 is 14.8 Å². The molecule has 0 heterocycles. The van der Waals surface area contributed by atoms with E-state index < -0.39 is 22.0 Å². The van der Waals surface area contributed by atoms with Crippen LogP contribution in [0.4, 0.5) is 0 Å². The highest BCUT2D eigenvalue weighted by Gasteiger charge is 2.27. The Morgan fingerprint density at radius 3 is 2.24 bits per heavy atom. The van der Waals surface area contributed by atoms with Crippen molar-refractivity contribution in [1.82, 2.24) is 10.0 Å². The van der Waals surface area contributed by atoms with Gasteiger partial charge in [-0.15, -0.1) is 0 Å². The van der Waals surface area contributed by atoms with Gasteiger partial charge in [0, 0.05) is 0 Å². The van der Waals surface area contributed by atoms with Gasteiger partial charge in [-0.3, -0.25) is 4.79 Å². The van der Waals surface area contributed by atoms with Gasteiger partial charge in [0.1, 0.15) is 17.5 Å². The number of hydrogen-bond acceptors (Lipinski definition) is 5. The van der Waals surface area contributed by atoms with Crippen molar-refractivity contribution in [3.63, 3.8) is 0 Å². The molecule has 0 aliphatic carbocycles. The lowest BCUT2D eigenvalue weighted by Crippen LogP contribution is -2.48. The second kappa shape index (κ2) is 11.4. The Labute approximate surface area is 205 Å². The summed E-state index contributed by atoms with van der Waals surface area (Å²) in [5.74, 6) is 0.609. The van der Waals surface area contributed by atoms with Gasteiger partial charge >= 0.3 is 0 Å². The smallest absolute Gasteiger partial charge is 0.241 e. The van der Waals surface area contributed by atoms with Gasteiger partial charge in [-0.05, 0) is 54.8 Å². The third kappa shape index (κ3) is 6.50. The number of halogens is 1. The largest absolute Gasteiger partial charge is 0.497 e. The SMILES string of the molecule is COc1ccc([C@H](C)NC(=O)[C@@H](Cc2ccccc2)NS(=O)(=O)c2ccc(OC)c(Cl)c2)cc1. The second-order valence-electron chi connectivity index (χ2n) is 7.66. The van der Waals surface area contributed by atoms with Crippen molar-refractivity contribution in [2.45, 2.75) is 30.3 Å². The van der Waals surface area contributed by atoms with Gasteiger partial charge in [-0.25, -0.2) is 8.42 Å². The summed E-state index contributed by atoms with van der Waals surface area (Å²) < 4.78 is 39.0. The molecule has 0 radical (unpaired) electrons. The number of amides is 1. The van der Waals surface area contributed by atoms with Gasteiger partial charge in [-0.2, -0.15) is 4.72 Å². The molecular weight excluding hydrogens is 476 g/mol. The number of carbonyl (C=O) groups is 1. The normalized spacial score (nSPS) is 13.1. The Kier molecular flexibility index (Phi) is 8.55. The third-order valence-electron chi connectivity index (χ3n) is 5.30. The third-order valence-corrected chi connectivity index (χ3v) is 7.07. The number of ether oxygens (including phenoxy) is 2. The molecule has 0 aromatic heterocycles. The van der Waals surface area contributed by atoms with Crippen LogP contribution in [-0.2, 0) is 21.2 Å². The van der Waals surface area contributed by atoms with Crippen LogP contribution in [0.15, 0.2) is 77.7 Å². The Bertz CT molecular complexity index is 1220. The highest BCUT2D eigenvalue weighted by molar-refractivity contribution is 7.89. The molecule has 0 saturated carbocycles. The molecule has 7 nitrogen and oxygen atoms in total. The molecular formula is C25H27ClN2O5S. The van der Waals surface area contributed by atoms with Crippen molar-refractivity contribution < 1.29 is 22.7 Å². The molecule has 0 bridgehead atoms. The molecule has 0 unspecified atom stereocenters. The summed E-state index contributed by atoms with van der Waals surface area (Å²) in [6, 6.07) is 19.2. The molecule has 0 spiro atoms. The summed E-state index contributed by atoms with van der Waals surface area (Å²) in [7, 11) is -1.03. The molecule has 2 N–H and O–H groups in total. The standard InChI is InChI=1S/C25H27ClN2O5S/c1-17(19-9-11-20(32-2)12-10-19)27-25(29)23(15-18-7-5-4-6-8-18)28-34(30,31)21-13-14-24(33-3)22(26)16-21/h4-14,16-17,23,28H,15H2,1-3H3,(H,27,29)/t17-,23+/m0/s1. The molecule has 2 atom stereocenters. The van der Waals surface area contributed by atoms with E-state index in [1.54, 1.807) is 19.2 Å². The Morgan fingerprint density at radius 1 is 0.971 bits per heavy atom. The second-order valence-corrected chi connectivity index (χ2v) is 9.78. The monoisotopic (exact) mass is 502 g/mol. The van der Waals surface area contributed by atoms with Crippen LogP contribution in [0.25, 0.3) is 0 Å². The van der Waals surface area contributed by atoms with Gasteiger partial charge in [0.2, 0.25) is 15.9 Å².